The zero-order valence-corrected chi connectivity index (χ0v) is 8.48. The SMILES string of the molecule is CN(/C(N)=N/C(N)=NC1CC1)C1CC1. The highest BCUT2D eigenvalue weighted by Crippen LogP contribution is 2.25. The summed E-state index contributed by atoms with van der Waals surface area (Å²) in [4.78, 5) is 10.2. The molecule has 2 aliphatic carbocycles. The van der Waals surface area contributed by atoms with Crippen LogP contribution in [0.3, 0.4) is 0 Å². The molecular weight excluding hydrogens is 178 g/mol. The summed E-state index contributed by atoms with van der Waals surface area (Å²) in [6, 6.07) is 0.963. The number of hydrogen-bond acceptors (Lipinski definition) is 1. The van der Waals surface area contributed by atoms with E-state index in [1.165, 1.54) is 12.8 Å². The molecule has 5 heteroatoms. The Morgan fingerprint density at radius 3 is 2.36 bits per heavy atom. The molecule has 2 fully saturated rings. The molecule has 0 aromatic heterocycles. The molecule has 0 aromatic rings. The molecule has 2 aliphatic rings. The minimum atomic E-state index is 0.317. The van der Waals surface area contributed by atoms with E-state index in [4.69, 9.17) is 11.5 Å². The molecule has 0 unspecified atom stereocenters. The fourth-order valence-corrected chi connectivity index (χ4v) is 1.26. The number of aliphatic imine (C=N–C) groups is 2. The van der Waals surface area contributed by atoms with E-state index >= 15 is 0 Å². The van der Waals surface area contributed by atoms with Crippen molar-refractivity contribution in [2.75, 3.05) is 7.05 Å². The van der Waals surface area contributed by atoms with Crippen molar-refractivity contribution in [3.05, 3.63) is 0 Å². The number of guanidine groups is 2. The zero-order valence-electron chi connectivity index (χ0n) is 8.48. The maximum Gasteiger partial charge on any atom is 0.218 e. The molecule has 5 nitrogen and oxygen atoms in total. The summed E-state index contributed by atoms with van der Waals surface area (Å²) in [5.41, 5.74) is 11.4. The number of nitrogens with two attached hydrogens (primary N) is 2. The van der Waals surface area contributed by atoms with Crippen LogP contribution < -0.4 is 11.5 Å². The van der Waals surface area contributed by atoms with Crippen LogP contribution in [-0.4, -0.2) is 36.0 Å². The minimum Gasteiger partial charge on any atom is -0.369 e. The normalized spacial score (nSPS) is 23.8. The number of rotatable bonds is 2. The summed E-state index contributed by atoms with van der Waals surface area (Å²) in [5, 5.41) is 0. The molecule has 2 rings (SSSR count). The number of hydrogen-bond donors (Lipinski definition) is 2. The van der Waals surface area contributed by atoms with E-state index in [9.17, 15) is 0 Å². The third-order valence-corrected chi connectivity index (χ3v) is 2.55. The molecule has 0 aliphatic heterocycles. The molecule has 0 heterocycles. The Hall–Kier alpha value is -1.26. The second-order valence-electron chi connectivity index (χ2n) is 4.03. The van der Waals surface area contributed by atoms with Crippen molar-refractivity contribution in [1.29, 1.82) is 0 Å². The maximum atomic E-state index is 5.77. The first-order chi connectivity index (χ1) is 6.66. The van der Waals surface area contributed by atoms with Crippen LogP contribution in [0, 0.1) is 0 Å². The van der Waals surface area contributed by atoms with E-state index in [-0.39, 0.29) is 0 Å². The van der Waals surface area contributed by atoms with Crippen molar-refractivity contribution >= 4 is 11.9 Å². The lowest BCUT2D eigenvalue weighted by Crippen LogP contribution is -2.37. The molecule has 0 saturated heterocycles. The summed E-state index contributed by atoms with van der Waals surface area (Å²) in [6.07, 6.45) is 4.67. The molecule has 0 atom stereocenters. The van der Waals surface area contributed by atoms with E-state index in [2.05, 4.69) is 9.98 Å². The molecule has 78 valence electrons. The van der Waals surface area contributed by atoms with E-state index in [1.807, 2.05) is 11.9 Å². The van der Waals surface area contributed by atoms with Gasteiger partial charge in [0.15, 0.2) is 5.96 Å². The highest BCUT2D eigenvalue weighted by Gasteiger charge is 2.27. The van der Waals surface area contributed by atoms with Gasteiger partial charge in [-0.05, 0) is 25.7 Å². The molecule has 0 radical (unpaired) electrons. The quantitative estimate of drug-likeness (QED) is 0.476. The third kappa shape index (κ3) is 2.37. The van der Waals surface area contributed by atoms with Crippen LogP contribution in [0.15, 0.2) is 9.98 Å². The van der Waals surface area contributed by atoms with Crippen LogP contribution in [0.5, 0.6) is 0 Å². The Morgan fingerprint density at radius 1 is 1.21 bits per heavy atom. The summed E-state index contributed by atoms with van der Waals surface area (Å²) in [7, 11) is 1.95. The van der Waals surface area contributed by atoms with Gasteiger partial charge in [-0.3, -0.25) is 0 Å². The van der Waals surface area contributed by atoms with Gasteiger partial charge in [0.2, 0.25) is 5.96 Å². The van der Waals surface area contributed by atoms with Gasteiger partial charge < -0.3 is 16.4 Å². The standard InChI is InChI=1S/C9H17N5/c1-14(7-4-5-7)9(11)13-8(10)12-6-2-3-6/h6-7H,2-5H2,1H3,(H4,10,11,12,13). The van der Waals surface area contributed by atoms with E-state index in [0.717, 1.165) is 12.8 Å². The van der Waals surface area contributed by atoms with Gasteiger partial charge in [-0.25, -0.2) is 4.99 Å². The predicted molar refractivity (Wildman–Crippen MR) is 57.1 cm³/mol. The second kappa shape index (κ2) is 3.48. The lowest BCUT2D eigenvalue weighted by molar-refractivity contribution is 0.490. The Kier molecular flexibility index (Phi) is 2.31. The Bertz CT molecular complexity index is 275. The van der Waals surface area contributed by atoms with Gasteiger partial charge in [0, 0.05) is 13.1 Å². The smallest absolute Gasteiger partial charge is 0.218 e. The topological polar surface area (TPSA) is 80.0 Å². The van der Waals surface area contributed by atoms with Crippen LogP contribution in [0.4, 0.5) is 0 Å². The first-order valence-corrected chi connectivity index (χ1v) is 5.07. The van der Waals surface area contributed by atoms with Crippen LogP contribution in [-0.2, 0) is 0 Å². The van der Waals surface area contributed by atoms with Gasteiger partial charge in [-0.15, -0.1) is 0 Å². The minimum absolute atomic E-state index is 0.317. The van der Waals surface area contributed by atoms with Gasteiger partial charge in [0.1, 0.15) is 0 Å². The van der Waals surface area contributed by atoms with Gasteiger partial charge in [0.05, 0.1) is 6.04 Å². The van der Waals surface area contributed by atoms with Gasteiger partial charge in [-0.1, -0.05) is 0 Å². The van der Waals surface area contributed by atoms with Crippen molar-refractivity contribution < 1.29 is 0 Å². The van der Waals surface area contributed by atoms with E-state index in [0.29, 0.717) is 24.0 Å². The predicted octanol–water partition coefficient (Wildman–Crippen LogP) is -0.128. The first kappa shape index (κ1) is 9.30. The fourth-order valence-electron chi connectivity index (χ4n) is 1.26. The Balaban J connectivity index is 1.93. The summed E-state index contributed by atoms with van der Waals surface area (Å²) < 4.78 is 0. The molecular formula is C9H17N5. The summed E-state index contributed by atoms with van der Waals surface area (Å²) in [6.45, 7) is 0. The fraction of sp³-hybridized carbons (Fsp3) is 0.778. The molecule has 14 heavy (non-hydrogen) atoms. The molecule has 2 saturated carbocycles. The molecule has 0 spiro atoms. The molecule has 4 N–H and O–H groups in total. The van der Waals surface area contributed by atoms with Crippen LogP contribution >= 0.6 is 0 Å². The van der Waals surface area contributed by atoms with Crippen LogP contribution in [0.25, 0.3) is 0 Å². The van der Waals surface area contributed by atoms with Crippen LogP contribution in [0.2, 0.25) is 0 Å². The number of nitrogens with zero attached hydrogens (tertiary/aromatic N) is 3. The maximum absolute atomic E-state index is 5.77. The monoisotopic (exact) mass is 195 g/mol. The van der Waals surface area contributed by atoms with Crippen molar-refractivity contribution in [2.45, 2.75) is 37.8 Å². The summed E-state index contributed by atoms with van der Waals surface area (Å²) in [5.74, 6) is 0.798. The first-order valence-electron chi connectivity index (χ1n) is 5.07. The summed E-state index contributed by atoms with van der Waals surface area (Å²) >= 11 is 0. The second-order valence-corrected chi connectivity index (χ2v) is 4.03. The van der Waals surface area contributed by atoms with Gasteiger partial charge >= 0.3 is 0 Å². The van der Waals surface area contributed by atoms with Gasteiger partial charge in [-0.2, -0.15) is 4.99 Å². The van der Waals surface area contributed by atoms with E-state index < -0.39 is 0 Å². The van der Waals surface area contributed by atoms with Crippen molar-refractivity contribution in [3.63, 3.8) is 0 Å². The average Bonchev–Trinajstić information content (AvgIpc) is 2.96. The Morgan fingerprint density at radius 2 is 1.86 bits per heavy atom. The Labute approximate surface area is 83.9 Å². The zero-order chi connectivity index (χ0) is 10.1. The highest BCUT2D eigenvalue weighted by molar-refractivity contribution is 5.93. The van der Waals surface area contributed by atoms with Crippen molar-refractivity contribution in [1.82, 2.24) is 4.90 Å². The van der Waals surface area contributed by atoms with Crippen molar-refractivity contribution in [2.24, 2.45) is 21.5 Å². The average molecular weight is 195 g/mol. The lowest BCUT2D eigenvalue weighted by atomic mass is 10.6. The molecule has 0 bridgehead atoms. The lowest BCUT2D eigenvalue weighted by Gasteiger charge is -2.16. The molecule has 0 amide bonds. The third-order valence-electron chi connectivity index (χ3n) is 2.55. The van der Waals surface area contributed by atoms with E-state index in [1.54, 1.807) is 0 Å². The van der Waals surface area contributed by atoms with Crippen molar-refractivity contribution in [3.8, 4) is 0 Å². The highest BCUT2D eigenvalue weighted by atomic mass is 15.3. The van der Waals surface area contributed by atoms with Gasteiger partial charge in [0.25, 0.3) is 0 Å². The largest absolute Gasteiger partial charge is 0.369 e. The molecule has 0 aromatic carbocycles. The van der Waals surface area contributed by atoms with Crippen LogP contribution in [0.1, 0.15) is 25.7 Å².